The maximum atomic E-state index is 6.61. The Bertz CT molecular complexity index is 1900. The van der Waals surface area contributed by atoms with Gasteiger partial charge in [-0.15, -0.1) is 0 Å². The minimum Gasteiger partial charge on any atom is -0.493 e. The molecule has 3 aliphatic rings. The van der Waals surface area contributed by atoms with E-state index in [0.29, 0.717) is 19.8 Å². The Morgan fingerprint density at radius 3 is 0.788 bits per heavy atom. The van der Waals surface area contributed by atoms with Crippen molar-refractivity contribution in [1.29, 1.82) is 0 Å². The van der Waals surface area contributed by atoms with E-state index >= 15 is 0 Å². The number of benzene rings is 4. The normalized spacial score (nSPS) is 12.6. The summed E-state index contributed by atoms with van der Waals surface area (Å²) in [7, 11) is 5.33. The maximum absolute atomic E-state index is 6.61. The standard InChI is InChI=1S/C60H84O6/c1-7-10-13-16-19-22-25-28-31-64-55-40-46-43(37-52(55)61-4)34-49-58(46)50-35-44-38-53(62-5)56(65-32-29-26-23-20-17-14-11-8-2)41-47(44)60(50)51-36-45-39-54(63-6)57(42-48(45)59(49)51)66-33-30-27-24-21-18-15-12-9-3/h37-42H,7-36H2,1-6H3. The molecule has 6 heteroatoms. The van der Waals surface area contributed by atoms with Crippen LogP contribution in [0, 0.1) is 0 Å². The number of unbranched alkanes of at least 4 members (excludes halogenated alkanes) is 21. The first-order chi connectivity index (χ1) is 32.5. The van der Waals surface area contributed by atoms with Crippen molar-refractivity contribution in [3.8, 4) is 67.9 Å². The Labute approximate surface area is 399 Å². The second-order valence-electron chi connectivity index (χ2n) is 19.5. The van der Waals surface area contributed by atoms with Gasteiger partial charge in [0.1, 0.15) is 0 Å². The van der Waals surface area contributed by atoms with Crippen molar-refractivity contribution in [2.24, 2.45) is 0 Å². The first-order valence-electron chi connectivity index (χ1n) is 26.8. The summed E-state index contributed by atoms with van der Waals surface area (Å²) in [5, 5.41) is 0. The van der Waals surface area contributed by atoms with Crippen LogP contribution in [0.5, 0.6) is 34.5 Å². The molecule has 0 unspecified atom stereocenters. The van der Waals surface area contributed by atoms with Gasteiger partial charge in [0.25, 0.3) is 0 Å². The minimum absolute atomic E-state index is 0.698. The average Bonchev–Trinajstić information content (AvgIpc) is 4.02. The third-order valence-corrected chi connectivity index (χ3v) is 14.7. The third-order valence-electron chi connectivity index (χ3n) is 14.7. The zero-order chi connectivity index (χ0) is 46.1. The smallest absolute Gasteiger partial charge is 0.161 e. The van der Waals surface area contributed by atoms with Gasteiger partial charge in [0.05, 0.1) is 41.2 Å². The highest BCUT2D eigenvalue weighted by molar-refractivity contribution is 6.01. The molecule has 0 aliphatic heterocycles. The Morgan fingerprint density at radius 1 is 0.303 bits per heavy atom. The molecule has 4 aromatic rings. The summed E-state index contributed by atoms with van der Waals surface area (Å²) in [6, 6.07) is 13.6. The molecule has 3 aliphatic carbocycles. The fourth-order valence-corrected chi connectivity index (χ4v) is 11.0. The van der Waals surface area contributed by atoms with Crippen LogP contribution in [-0.4, -0.2) is 41.2 Å². The van der Waals surface area contributed by atoms with Gasteiger partial charge in [-0.3, -0.25) is 0 Å². The quantitative estimate of drug-likeness (QED) is 0.0383. The first-order valence-corrected chi connectivity index (χ1v) is 26.8. The molecule has 66 heavy (non-hydrogen) atoms. The molecule has 0 aromatic heterocycles. The predicted octanol–water partition coefficient (Wildman–Crippen LogP) is 17.0. The van der Waals surface area contributed by atoms with E-state index in [9.17, 15) is 0 Å². The van der Waals surface area contributed by atoms with Gasteiger partial charge in [0, 0.05) is 0 Å². The molecule has 0 heterocycles. The fourth-order valence-electron chi connectivity index (χ4n) is 11.0. The lowest BCUT2D eigenvalue weighted by Crippen LogP contribution is -2.01. The molecular formula is C60H84O6. The molecule has 0 radical (unpaired) electrons. The Hall–Kier alpha value is -4.32. The van der Waals surface area contributed by atoms with E-state index in [-0.39, 0.29) is 0 Å². The van der Waals surface area contributed by atoms with E-state index < -0.39 is 0 Å². The highest BCUT2D eigenvalue weighted by Crippen LogP contribution is 2.59. The molecule has 0 amide bonds. The maximum Gasteiger partial charge on any atom is 0.161 e. The van der Waals surface area contributed by atoms with Crippen LogP contribution in [0.3, 0.4) is 0 Å². The lowest BCUT2D eigenvalue weighted by atomic mass is 9.86. The molecule has 360 valence electrons. The number of fused-ring (bicyclic) bond motifs is 12. The van der Waals surface area contributed by atoms with Gasteiger partial charge in [-0.25, -0.2) is 0 Å². The van der Waals surface area contributed by atoms with Crippen molar-refractivity contribution >= 4 is 0 Å². The van der Waals surface area contributed by atoms with Gasteiger partial charge in [0.15, 0.2) is 34.5 Å². The van der Waals surface area contributed by atoms with Crippen LogP contribution in [0.2, 0.25) is 0 Å². The summed E-state index contributed by atoms with van der Waals surface area (Å²) in [5.41, 5.74) is 16.0. The summed E-state index contributed by atoms with van der Waals surface area (Å²) < 4.78 is 38.0. The molecule has 0 fully saturated rings. The molecule has 0 bridgehead atoms. The van der Waals surface area contributed by atoms with Crippen LogP contribution in [0.25, 0.3) is 33.4 Å². The zero-order valence-corrected chi connectivity index (χ0v) is 42.1. The van der Waals surface area contributed by atoms with E-state index in [0.717, 1.165) is 73.0 Å². The van der Waals surface area contributed by atoms with Gasteiger partial charge < -0.3 is 28.4 Å². The van der Waals surface area contributed by atoms with Gasteiger partial charge in [-0.05, 0) is 142 Å². The van der Waals surface area contributed by atoms with E-state index in [1.165, 1.54) is 202 Å². The van der Waals surface area contributed by atoms with Crippen LogP contribution in [-0.2, 0) is 19.3 Å². The number of hydrogen-bond acceptors (Lipinski definition) is 6. The van der Waals surface area contributed by atoms with Crippen molar-refractivity contribution < 1.29 is 28.4 Å². The van der Waals surface area contributed by atoms with Crippen LogP contribution in [0.1, 0.15) is 208 Å². The van der Waals surface area contributed by atoms with Gasteiger partial charge in [-0.1, -0.05) is 156 Å². The zero-order valence-electron chi connectivity index (χ0n) is 42.1. The van der Waals surface area contributed by atoms with Crippen LogP contribution in [0.15, 0.2) is 36.4 Å². The fraction of sp³-hybridized carbons (Fsp3) is 0.600. The predicted molar refractivity (Wildman–Crippen MR) is 275 cm³/mol. The van der Waals surface area contributed by atoms with Crippen molar-refractivity contribution in [3.63, 3.8) is 0 Å². The highest BCUT2D eigenvalue weighted by atomic mass is 16.5. The third kappa shape index (κ3) is 12.0. The van der Waals surface area contributed by atoms with Gasteiger partial charge in [0.2, 0.25) is 0 Å². The molecule has 4 aromatic carbocycles. The minimum atomic E-state index is 0.698. The molecular weight excluding hydrogens is 817 g/mol. The number of methoxy groups -OCH3 is 3. The van der Waals surface area contributed by atoms with Crippen molar-refractivity contribution in [2.75, 3.05) is 41.2 Å². The van der Waals surface area contributed by atoms with Crippen molar-refractivity contribution in [3.05, 3.63) is 69.8 Å². The molecule has 0 saturated carbocycles. The molecule has 6 nitrogen and oxygen atoms in total. The van der Waals surface area contributed by atoms with E-state index in [2.05, 4.69) is 57.2 Å². The van der Waals surface area contributed by atoms with Crippen molar-refractivity contribution in [1.82, 2.24) is 0 Å². The van der Waals surface area contributed by atoms with Gasteiger partial charge in [-0.2, -0.15) is 0 Å². The van der Waals surface area contributed by atoms with Crippen molar-refractivity contribution in [2.45, 2.75) is 194 Å². The van der Waals surface area contributed by atoms with Crippen LogP contribution in [0.4, 0.5) is 0 Å². The van der Waals surface area contributed by atoms with E-state index in [4.69, 9.17) is 28.4 Å². The molecule has 0 spiro atoms. The summed E-state index contributed by atoms with van der Waals surface area (Å²) >= 11 is 0. The average molecular weight is 901 g/mol. The lowest BCUT2D eigenvalue weighted by Gasteiger charge is -2.18. The van der Waals surface area contributed by atoms with E-state index in [1.807, 2.05) is 0 Å². The molecule has 0 saturated heterocycles. The second kappa shape index (κ2) is 25.7. The van der Waals surface area contributed by atoms with Crippen LogP contribution < -0.4 is 28.4 Å². The first kappa shape index (κ1) is 49.6. The molecule has 0 N–H and O–H groups in total. The van der Waals surface area contributed by atoms with Crippen LogP contribution >= 0.6 is 0 Å². The number of ether oxygens (including phenoxy) is 6. The molecule has 0 atom stereocenters. The summed E-state index contributed by atoms with van der Waals surface area (Å²) in [5.74, 6) is 5.00. The number of rotatable bonds is 33. The van der Waals surface area contributed by atoms with E-state index in [1.54, 1.807) is 21.3 Å². The Kier molecular flexibility index (Phi) is 19.3. The summed E-state index contributed by atoms with van der Waals surface area (Å²) in [6.07, 6.45) is 33.1. The topological polar surface area (TPSA) is 55.4 Å². The largest absolute Gasteiger partial charge is 0.493 e. The monoisotopic (exact) mass is 901 g/mol. The SMILES string of the molecule is CCCCCCCCCCOc1cc2c(cc1OC)Cc1c-2c2c(c3c1-c1cc(OCCCCCCCCCC)c(OC)cc1C3)-c1cc(OCCCCCCCCCC)c(OC)cc1C2. The lowest BCUT2D eigenvalue weighted by molar-refractivity contribution is 0.284. The Balaban J connectivity index is 1.19. The summed E-state index contributed by atoms with van der Waals surface area (Å²) in [4.78, 5) is 0. The number of hydrogen-bond donors (Lipinski definition) is 0. The second-order valence-corrected chi connectivity index (χ2v) is 19.5. The Morgan fingerprint density at radius 2 is 0.545 bits per heavy atom. The summed E-state index contributed by atoms with van der Waals surface area (Å²) in [6.45, 7) is 8.94. The highest BCUT2D eigenvalue weighted by Gasteiger charge is 2.39. The van der Waals surface area contributed by atoms with Gasteiger partial charge >= 0.3 is 0 Å². The molecule has 7 rings (SSSR count).